The van der Waals surface area contributed by atoms with E-state index in [0.29, 0.717) is 24.2 Å². The number of rotatable bonds is 7. The van der Waals surface area contributed by atoms with Gasteiger partial charge in [0, 0.05) is 18.8 Å². The molecule has 0 atom stereocenters. The number of nitrogens with zero attached hydrogens (tertiary/aromatic N) is 3. The first kappa shape index (κ1) is 22.9. The Kier molecular flexibility index (Phi) is 6.89. The van der Waals surface area contributed by atoms with Crippen molar-refractivity contribution < 1.29 is 9.18 Å². The lowest BCUT2D eigenvalue weighted by Gasteiger charge is -2.22. The Bertz CT molecular complexity index is 1300. The maximum Gasteiger partial charge on any atom is 0.329 e. The van der Waals surface area contributed by atoms with Gasteiger partial charge in [-0.25, -0.2) is 14.2 Å². The first-order valence-corrected chi connectivity index (χ1v) is 10.4. The average Bonchev–Trinajstić information content (AvgIpc) is 2.76. The molecule has 0 aliphatic carbocycles. The van der Waals surface area contributed by atoms with Gasteiger partial charge in [0.15, 0.2) is 5.65 Å². The van der Waals surface area contributed by atoms with Gasteiger partial charge in [0.1, 0.15) is 5.82 Å². The van der Waals surface area contributed by atoms with Gasteiger partial charge < -0.3 is 4.90 Å². The molecule has 0 unspecified atom stereocenters. The SMILES string of the molecule is C#CCN(Cc1ccc(F)cc1)C(=O)c1cc(C(C)C)nc2c1c(=O)[nH]c(=O)n2CCC. The third-order valence-corrected chi connectivity index (χ3v) is 5.09. The van der Waals surface area contributed by atoms with Crippen molar-refractivity contribution in [2.24, 2.45) is 0 Å². The van der Waals surface area contributed by atoms with Gasteiger partial charge in [-0.2, -0.15) is 0 Å². The molecule has 1 aromatic carbocycles. The lowest BCUT2D eigenvalue weighted by Crippen LogP contribution is -2.35. The van der Waals surface area contributed by atoms with Crippen LogP contribution in [0.2, 0.25) is 0 Å². The fraction of sp³-hybridized carbons (Fsp3) is 0.333. The van der Waals surface area contributed by atoms with Gasteiger partial charge in [-0.3, -0.25) is 19.1 Å². The second kappa shape index (κ2) is 9.60. The van der Waals surface area contributed by atoms with Crippen molar-refractivity contribution in [1.29, 1.82) is 0 Å². The lowest BCUT2D eigenvalue weighted by molar-refractivity contribution is 0.0767. The number of pyridine rings is 1. The largest absolute Gasteiger partial charge is 0.329 e. The molecule has 1 amide bonds. The molecular formula is C24H25FN4O3. The number of terminal acetylenes is 1. The highest BCUT2D eigenvalue weighted by molar-refractivity contribution is 6.05. The summed E-state index contributed by atoms with van der Waals surface area (Å²) in [6, 6.07) is 7.34. The second-order valence-electron chi connectivity index (χ2n) is 7.85. The Morgan fingerprint density at radius 3 is 2.56 bits per heavy atom. The summed E-state index contributed by atoms with van der Waals surface area (Å²) in [7, 11) is 0. The van der Waals surface area contributed by atoms with Gasteiger partial charge in [0.2, 0.25) is 0 Å². The van der Waals surface area contributed by atoms with E-state index in [1.165, 1.54) is 21.6 Å². The number of nitrogens with one attached hydrogen (secondary N) is 1. The summed E-state index contributed by atoms with van der Waals surface area (Å²) in [5, 5.41) is 0.0496. The molecule has 32 heavy (non-hydrogen) atoms. The van der Waals surface area contributed by atoms with Gasteiger partial charge in [0.05, 0.1) is 17.5 Å². The van der Waals surface area contributed by atoms with E-state index in [4.69, 9.17) is 6.42 Å². The van der Waals surface area contributed by atoms with Crippen LogP contribution in [0.25, 0.3) is 11.0 Å². The van der Waals surface area contributed by atoms with Crippen LogP contribution in [-0.2, 0) is 13.1 Å². The van der Waals surface area contributed by atoms with E-state index in [1.54, 1.807) is 18.2 Å². The quantitative estimate of drug-likeness (QED) is 0.577. The summed E-state index contributed by atoms with van der Waals surface area (Å²) >= 11 is 0. The number of H-pyrrole nitrogens is 1. The van der Waals surface area contributed by atoms with Crippen LogP contribution in [0.3, 0.4) is 0 Å². The minimum absolute atomic E-state index is 0.0104. The monoisotopic (exact) mass is 436 g/mol. The molecule has 3 rings (SSSR count). The van der Waals surface area contributed by atoms with Crippen molar-refractivity contribution in [2.45, 2.75) is 46.2 Å². The van der Waals surface area contributed by atoms with Crippen LogP contribution >= 0.6 is 0 Å². The number of amides is 1. The number of hydrogen-bond donors (Lipinski definition) is 1. The van der Waals surface area contributed by atoms with Crippen molar-refractivity contribution in [3.8, 4) is 12.3 Å². The van der Waals surface area contributed by atoms with Gasteiger partial charge in [0.25, 0.3) is 11.5 Å². The summed E-state index contributed by atoms with van der Waals surface area (Å²) in [6.07, 6.45) is 6.14. The van der Waals surface area contributed by atoms with Crippen LogP contribution in [0.15, 0.2) is 39.9 Å². The number of aryl methyl sites for hydroxylation is 1. The maximum absolute atomic E-state index is 13.6. The van der Waals surface area contributed by atoms with E-state index < -0.39 is 17.2 Å². The first-order valence-electron chi connectivity index (χ1n) is 10.4. The van der Waals surface area contributed by atoms with Gasteiger partial charge in [-0.05, 0) is 36.1 Å². The fourth-order valence-electron chi connectivity index (χ4n) is 3.48. The Morgan fingerprint density at radius 2 is 1.97 bits per heavy atom. The number of halogens is 1. The lowest BCUT2D eigenvalue weighted by atomic mass is 10.0. The number of fused-ring (bicyclic) bond motifs is 1. The van der Waals surface area contributed by atoms with E-state index in [2.05, 4.69) is 15.9 Å². The molecule has 0 saturated carbocycles. The predicted molar refractivity (Wildman–Crippen MR) is 121 cm³/mol. The van der Waals surface area contributed by atoms with Gasteiger partial charge >= 0.3 is 5.69 Å². The molecular weight excluding hydrogens is 411 g/mol. The molecule has 2 heterocycles. The van der Waals surface area contributed by atoms with Crippen LogP contribution in [-0.4, -0.2) is 31.9 Å². The Balaban J connectivity index is 2.22. The number of carbonyl (C=O) groups excluding carboxylic acids is 1. The molecule has 1 N–H and O–H groups in total. The van der Waals surface area contributed by atoms with E-state index in [0.717, 1.165) is 0 Å². The average molecular weight is 436 g/mol. The molecule has 2 aromatic heterocycles. The van der Waals surface area contributed by atoms with Crippen LogP contribution in [0.4, 0.5) is 4.39 Å². The summed E-state index contributed by atoms with van der Waals surface area (Å²) in [5.74, 6) is 1.57. The molecule has 3 aromatic rings. The minimum atomic E-state index is -0.675. The maximum atomic E-state index is 13.6. The smallest absolute Gasteiger partial charge is 0.323 e. The number of benzene rings is 1. The fourth-order valence-corrected chi connectivity index (χ4v) is 3.48. The van der Waals surface area contributed by atoms with Crippen molar-refractivity contribution >= 4 is 16.9 Å². The van der Waals surface area contributed by atoms with Crippen molar-refractivity contribution in [3.63, 3.8) is 0 Å². The second-order valence-corrected chi connectivity index (χ2v) is 7.85. The highest BCUT2D eigenvalue weighted by Gasteiger charge is 2.24. The summed E-state index contributed by atoms with van der Waals surface area (Å²) in [5.41, 5.74) is 0.334. The number of hydrogen-bond acceptors (Lipinski definition) is 4. The third-order valence-electron chi connectivity index (χ3n) is 5.09. The van der Waals surface area contributed by atoms with Crippen LogP contribution in [0, 0.1) is 18.2 Å². The predicted octanol–water partition coefficient (Wildman–Crippen LogP) is 3.03. The standard InChI is InChI=1S/C24H25FN4O3/c1-5-11-28(14-16-7-9-17(25)10-8-16)23(31)18-13-19(15(3)4)26-21-20(18)22(30)27-24(32)29(21)12-6-2/h1,7-10,13,15H,6,11-12,14H2,2-4H3,(H,27,30,32). The van der Waals surface area contributed by atoms with Crippen LogP contribution in [0.5, 0.6) is 0 Å². The summed E-state index contributed by atoms with van der Waals surface area (Å²) < 4.78 is 14.7. The van der Waals surface area contributed by atoms with E-state index >= 15 is 0 Å². The van der Waals surface area contributed by atoms with Crippen molar-refractivity contribution in [1.82, 2.24) is 19.4 Å². The zero-order valence-corrected chi connectivity index (χ0v) is 18.3. The zero-order chi connectivity index (χ0) is 23.4. The molecule has 0 radical (unpaired) electrons. The Labute approximate surface area is 184 Å². The van der Waals surface area contributed by atoms with E-state index in [-0.39, 0.29) is 41.4 Å². The summed E-state index contributed by atoms with van der Waals surface area (Å²) in [6.45, 7) is 6.20. The topological polar surface area (TPSA) is 88.1 Å². The number of carbonyl (C=O) groups is 1. The Morgan fingerprint density at radius 1 is 1.28 bits per heavy atom. The molecule has 0 fully saturated rings. The molecule has 8 heteroatoms. The summed E-state index contributed by atoms with van der Waals surface area (Å²) in [4.78, 5) is 47.0. The minimum Gasteiger partial charge on any atom is -0.323 e. The molecule has 0 bridgehead atoms. The third kappa shape index (κ3) is 4.62. The highest BCUT2D eigenvalue weighted by Crippen LogP contribution is 2.22. The molecule has 166 valence electrons. The van der Waals surface area contributed by atoms with Crippen LogP contribution in [0.1, 0.15) is 54.7 Å². The normalized spacial score (nSPS) is 11.0. The van der Waals surface area contributed by atoms with Crippen molar-refractivity contribution in [2.75, 3.05) is 6.54 Å². The Hall–Kier alpha value is -3.73. The first-order chi connectivity index (χ1) is 15.3. The van der Waals surface area contributed by atoms with Crippen molar-refractivity contribution in [3.05, 3.63) is 73.8 Å². The number of aromatic amines is 1. The van der Waals surface area contributed by atoms with Crippen LogP contribution < -0.4 is 11.2 Å². The van der Waals surface area contributed by atoms with E-state index in [1.807, 2.05) is 20.8 Å². The number of aromatic nitrogens is 3. The molecule has 7 nitrogen and oxygen atoms in total. The zero-order valence-electron chi connectivity index (χ0n) is 18.3. The van der Waals surface area contributed by atoms with Gasteiger partial charge in [-0.15, -0.1) is 6.42 Å². The molecule has 0 aliphatic heterocycles. The van der Waals surface area contributed by atoms with Gasteiger partial charge in [-0.1, -0.05) is 38.8 Å². The van der Waals surface area contributed by atoms with E-state index in [9.17, 15) is 18.8 Å². The highest BCUT2D eigenvalue weighted by atomic mass is 19.1. The molecule has 0 spiro atoms. The molecule has 0 saturated heterocycles. The molecule has 0 aliphatic rings.